The van der Waals surface area contributed by atoms with E-state index in [0.29, 0.717) is 0 Å². The summed E-state index contributed by atoms with van der Waals surface area (Å²) >= 11 is 0. The van der Waals surface area contributed by atoms with E-state index in [4.69, 9.17) is 0 Å². The zero-order valence-corrected chi connectivity index (χ0v) is 10.4. The molecule has 19 heavy (non-hydrogen) atoms. The van der Waals surface area contributed by atoms with Crippen LogP contribution in [-0.2, 0) is 0 Å². The molecule has 4 nitrogen and oxygen atoms in total. The van der Waals surface area contributed by atoms with Crippen molar-refractivity contribution >= 4 is 16.6 Å². The van der Waals surface area contributed by atoms with E-state index in [0.717, 1.165) is 27.7 Å². The number of aromatic amines is 1. The lowest BCUT2D eigenvalue weighted by Gasteiger charge is -1.98. The van der Waals surface area contributed by atoms with Crippen molar-refractivity contribution in [2.24, 2.45) is 0 Å². The number of nitro groups is 1. The number of aryl methyl sites for hydroxylation is 1. The van der Waals surface area contributed by atoms with Gasteiger partial charge in [-0.15, -0.1) is 0 Å². The number of hydrogen-bond donors (Lipinski definition) is 1. The monoisotopic (exact) mass is 252 g/mol. The van der Waals surface area contributed by atoms with E-state index in [1.807, 2.05) is 37.3 Å². The Hall–Kier alpha value is -2.62. The van der Waals surface area contributed by atoms with Gasteiger partial charge >= 0.3 is 0 Å². The molecule has 0 bridgehead atoms. The summed E-state index contributed by atoms with van der Waals surface area (Å²) in [5.41, 5.74) is 4.06. The number of aromatic nitrogens is 1. The van der Waals surface area contributed by atoms with Gasteiger partial charge in [0.15, 0.2) is 0 Å². The summed E-state index contributed by atoms with van der Waals surface area (Å²) in [7, 11) is 0. The first-order valence-electron chi connectivity index (χ1n) is 5.98. The van der Waals surface area contributed by atoms with Crippen LogP contribution in [0, 0.1) is 17.0 Å². The van der Waals surface area contributed by atoms with E-state index in [1.165, 1.54) is 6.07 Å². The number of nitrogens with zero attached hydrogens (tertiary/aromatic N) is 1. The lowest BCUT2D eigenvalue weighted by atomic mass is 10.1. The van der Waals surface area contributed by atoms with Crippen LogP contribution in [0.1, 0.15) is 5.56 Å². The molecular weight excluding hydrogens is 240 g/mol. The minimum absolute atomic E-state index is 0.105. The molecular formula is C15H12N2O2. The Kier molecular flexibility index (Phi) is 2.56. The van der Waals surface area contributed by atoms with Crippen LogP contribution in [-0.4, -0.2) is 9.91 Å². The van der Waals surface area contributed by atoms with E-state index in [2.05, 4.69) is 4.98 Å². The van der Waals surface area contributed by atoms with Gasteiger partial charge in [0.25, 0.3) is 5.69 Å². The highest BCUT2D eigenvalue weighted by molar-refractivity contribution is 5.88. The molecule has 0 spiro atoms. The van der Waals surface area contributed by atoms with Crippen LogP contribution in [0.2, 0.25) is 0 Å². The molecule has 0 aliphatic rings. The van der Waals surface area contributed by atoms with Gasteiger partial charge in [0.05, 0.1) is 4.92 Å². The minimum Gasteiger partial charge on any atom is -0.354 e. The molecule has 0 saturated heterocycles. The Balaban J connectivity index is 2.16. The fraction of sp³-hybridized carbons (Fsp3) is 0.0667. The number of fused-ring (bicyclic) bond motifs is 1. The molecule has 3 rings (SSSR count). The largest absolute Gasteiger partial charge is 0.354 e. The van der Waals surface area contributed by atoms with Crippen LogP contribution in [0.5, 0.6) is 0 Å². The maximum absolute atomic E-state index is 10.8. The molecule has 3 aromatic rings. The van der Waals surface area contributed by atoms with E-state index < -0.39 is 0 Å². The lowest BCUT2D eigenvalue weighted by Crippen LogP contribution is -1.88. The second-order valence-electron chi connectivity index (χ2n) is 4.53. The quantitative estimate of drug-likeness (QED) is 0.552. The number of para-hydroxylation sites is 1. The summed E-state index contributed by atoms with van der Waals surface area (Å²) in [6.45, 7) is 2.04. The topological polar surface area (TPSA) is 58.9 Å². The Morgan fingerprint density at radius 1 is 1.11 bits per heavy atom. The highest BCUT2D eigenvalue weighted by atomic mass is 16.6. The van der Waals surface area contributed by atoms with Crippen LogP contribution >= 0.6 is 0 Å². The first-order chi connectivity index (χ1) is 9.15. The molecule has 0 aliphatic carbocycles. The van der Waals surface area contributed by atoms with Crippen LogP contribution in [0.15, 0.2) is 48.5 Å². The number of rotatable bonds is 2. The molecule has 0 amide bonds. The number of nitrogens with one attached hydrogen (secondary N) is 1. The molecule has 94 valence electrons. The maximum Gasteiger partial charge on any atom is 0.270 e. The standard InChI is InChI=1S/C15H12N2O2/c1-10-4-2-6-12-9-14(16-15(10)12)11-5-3-7-13(8-11)17(18)19/h2-9,16H,1H3. The van der Waals surface area contributed by atoms with Crippen LogP contribution in [0.3, 0.4) is 0 Å². The summed E-state index contributed by atoms with van der Waals surface area (Å²) in [5.74, 6) is 0. The van der Waals surface area contributed by atoms with Crippen LogP contribution in [0.25, 0.3) is 22.2 Å². The Morgan fingerprint density at radius 3 is 2.63 bits per heavy atom. The Bertz CT molecular complexity index is 775. The number of H-pyrrole nitrogens is 1. The minimum atomic E-state index is -0.378. The van der Waals surface area contributed by atoms with E-state index in [9.17, 15) is 10.1 Å². The van der Waals surface area contributed by atoms with Crippen molar-refractivity contribution in [2.45, 2.75) is 6.92 Å². The summed E-state index contributed by atoms with van der Waals surface area (Å²) in [5, 5.41) is 11.9. The van der Waals surface area contributed by atoms with Crippen molar-refractivity contribution in [3.8, 4) is 11.3 Å². The molecule has 0 radical (unpaired) electrons. The average Bonchev–Trinajstić information content (AvgIpc) is 2.84. The number of hydrogen-bond acceptors (Lipinski definition) is 2. The molecule has 0 saturated carbocycles. The third-order valence-electron chi connectivity index (χ3n) is 3.23. The Morgan fingerprint density at radius 2 is 1.89 bits per heavy atom. The van der Waals surface area contributed by atoms with Gasteiger partial charge in [-0.2, -0.15) is 0 Å². The van der Waals surface area contributed by atoms with Gasteiger partial charge in [0.1, 0.15) is 0 Å². The van der Waals surface area contributed by atoms with Gasteiger partial charge in [-0.3, -0.25) is 10.1 Å². The molecule has 0 aliphatic heterocycles. The van der Waals surface area contributed by atoms with Gasteiger partial charge in [-0.05, 0) is 18.6 Å². The second-order valence-corrected chi connectivity index (χ2v) is 4.53. The van der Waals surface area contributed by atoms with E-state index >= 15 is 0 Å². The summed E-state index contributed by atoms with van der Waals surface area (Å²) in [4.78, 5) is 13.8. The van der Waals surface area contributed by atoms with Gasteiger partial charge in [0.2, 0.25) is 0 Å². The van der Waals surface area contributed by atoms with Crippen LogP contribution in [0.4, 0.5) is 5.69 Å². The summed E-state index contributed by atoms with van der Waals surface area (Å²) in [6, 6.07) is 14.7. The van der Waals surface area contributed by atoms with Crippen molar-refractivity contribution in [2.75, 3.05) is 0 Å². The SMILES string of the molecule is Cc1cccc2cc(-c3cccc([N+](=O)[O-])c3)[nH]c12. The van der Waals surface area contributed by atoms with Crippen molar-refractivity contribution in [1.82, 2.24) is 4.98 Å². The predicted molar refractivity (Wildman–Crippen MR) is 75.1 cm³/mol. The van der Waals surface area contributed by atoms with Gasteiger partial charge in [-0.1, -0.05) is 30.3 Å². The summed E-state index contributed by atoms with van der Waals surface area (Å²) < 4.78 is 0. The Labute approximate surface area is 109 Å². The highest BCUT2D eigenvalue weighted by Crippen LogP contribution is 2.27. The van der Waals surface area contributed by atoms with Crippen LogP contribution < -0.4 is 0 Å². The molecule has 4 heteroatoms. The molecule has 2 aromatic carbocycles. The smallest absolute Gasteiger partial charge is 0.270 e. The second kappa shape index (κ2) is 4.24. The molecule has 1 aromatic heterocycles. The van der Waals surface area contributed by atoms with Crippen molar-refractivity contribution < 1.29 is 4.92 Å². The van der Waals surface area contributed by atoms with Gasteiger partial charge in [0, 0.05) is 34.3 Å². The van der Waals surface area contributed by atoms with Crippen molar-refractivity contribution in [3.05, 3.63) is 64.2 Å². The first kappa shape index (κ1) is 11.5. The fourth-order valence-electron chi connectivity index (χ4n) is 2.25. The molecule has 0 atom stereocenters. The highest BCUT2D eigenvalue weighted by Gasteiger charge is 2.09. The van der Waals surface area contributed by atoms with Gasteiger partial charge < -0.3 is 4.98 Å². The lowest BCUT2D eigenvalue weighted by molar-refractivity contribution is -0.384. The zero-order valence-electron chi connectivity index (χ0n) is 10.4. The van der Waals surface area contributed by atoms with E-state index in [1.54, 1.807) is 12.1 Å². The number of benzene rings is 2. The third-order valence-corrected chi connectivity index (χ3v) is 3.23. The maximum atomic E-state index is 10.8. The van der Waals surface area contributed by atoms with Crippen molar-refractivity contribution in [3.63, 3.8) is 0 Å². The molecule has 0 unspecified atom stereocenters. The number of non-ortho nitro benzene ring substituents is 1. The molecule has 1 N–H and O–H groups in total. The first-order valence-corrected chi connectivity index (χ1v) is 5.98. The van der Waals surface area contributed by atoms with Gasteiger partial charge in [-0.25, -0.2) is 0 Å². The molecule has 1 heterocycles. The zero-order chi connectivity index (χ0) is 13.4. The summed E-state index contributed by atoms with van der Waals surface area (Å²) in [6.07, 6.45) is 0. The fourth-order valence-corrected chi connectivity index (χ4v) is 2.25. The normalized spacial score (nSPS) is 10.8. The van der Waals surface area contributed by atoms with Crippen molar-refractivity contribution in [1.29, 1.82) is 0 Å². The number of nitro benzene ring substituents is 1. The predicted octanol–water partition coefficient (Wildman–Crippen LogP) is 4.05. The average molecular weight is 252 g/mol. The van der Waals surface area contributed by atoms with E-state index in [-0.39, 0.29) is 10.6 Å². The molecule has 0 fully saturated rings. The third kappa shape index (κ3) is 1.97.